The standard InChI is InChI=1S/C27H25F6N7O2S/c1-26(2,3)40-24(37-20-12-35-19(11-36-20)27(31,32)33)21(23(34)41)22(38-40)15-6-9-17(39-43-25(29)30)18(10-15)42-13-14-4-7-16(28)8-5-14/h4-12,25,39H,13H2,1-3H3,(H2,34,41)(H,36,37). The van der Waals surface area contributed by atoms with Crippen molar-refractivity contribution in [3.8, 4) is 17.0 Å². The lowest BCUT2D eigenvalue weighted by Gasteiger charge is -2.23. The summed E-state index contributed by atoms with van der Waals surface area (Å²) in [4.78, 5) is 19.9. The number of nitrogens with zero attached hydrogens (tertiary/aromatic N) is 4. The van der Waals surface area contributed by atoms with Crippen LogP contribution in [0.1, 0.15) is 42.4 Å². The van der Waals surface area contributed by atoms with Crippen LogP contribution in [0.15, 0.2) is 54.9 Å². The molecule has 0 unspecified atom stereocenters. The summed E-state index contributed by atoms with van der Waals surface area (Å²) < 4.78 is 87.9. The minimum Gasteiger partial charge on any atom is -0.487 e. The molecule has 0 fully saturated rings. The quantitative estimate of drug-likeness (QED) is 0.128. The summed E-state index contributed by atoms with van der Waals surface area (Å²) in [6.07, 6.45) is -3.30. The number of nitrogens with one attached hydrogen (secondary N) is 2. The van der Waals surface area contributed by atoms with E-state index in [2.05, 4.69) is 25.1 Å². The number of benzene rings is 2. The van der Waals surface area contributed by atoms with Crippen molar-refractivity contribution in [1.29, 1.82) is 0 Å². The molecular formula is C27H25F6N7O2S. The topological polar surface area (TPSA) is 120 Å². The van der Waals surface area contributed by atoms with Crippen LogP contribution in [0.25, 0.3) is 11.3 Å². The number of carbonyl (C=O) groups excluding carboxylic acids is 1. The number of nitrogens with two attached hydrogens (primary N) is 1. The second kappa shape index (κ2) is 12.4. The van der Waals surface area contributed by atoms with Crippen LogP contribution < -0.4 is 20.5 Å². The highest BCUT2D eigenvalue weighted by Gasteiger charge is 2.33. The first-order chi connectivity index (χ1) is 20.1. The number of halogens is 6. The smallest absolute Gasteiger partial charge is 0.434 e. The van der Waals surface area contributed by atoms with E-state index >= 15 is 0 Å². The number of alkyl halides is 5. The van der Waals surface area contributed by atoms with Crippen LogP contribution in [0.4, 0.5) is 43.7 Å². The Morgan fingerprint density at radius 3 is 2.33 bits per heavy atom. The molecule has 4 rings (SSSR count). The van der Waals surface area contributed by atoms with Crippen molar-refractivity contribution in [2.75, 3.05) is 10.0 Å². The van der Waals surface area contributed by atoms with E-state index in [1.165, 1.54) is 47.1 Å². The molecule has 0 atom stereocenters. The summed E-state index contributed by atoms with van der Waals surface area (Å²) in [6.45, 7) is 5.26. The number of hydrogen-bond acceptors (Lipinski definition) is 8. The third-order valence-electron chi connectivity index (χ3n) is 5.78. The number of anilines is 3. The number of carbonyl (C=O) groups is 1. The molecule has 4 aromatic rings. The van der Waals surface area contributed by atoms with Crippen LogP contribution in [0, 0.1) is 5.82 Å². The summed E-state index contributed by atoms with van der Waals surface area (Å²) >= 11 is 0.145. The second-order valence-electron chi connectivity index (χ2n) is 10.0. The summed E-state index contributed by atoms with van der Waals surface area (Å²) in [6, 6.07) is 9.89. The van der Waals surface area contributed by atoms with Gasteiger partial charge in [-0.15, -0.1) is 0 Å². The van der Waals surface area contributed by atoms with Crippen LogP contribution >= 0.6 is 11.9 Å². The molecule has 0 saturated carbocycles. The fourth-order valence-corrected chi connectivity index (χ4v) is 4.22. The molecule has 4 N–H and O–H groups in total. The average Bonchev–Trinajstić information content (AvgIpc) is 3.31. The number of aromatic nitrogens is 4. The molecule has 16 heteroatoms. The van der Waals surface area contributed by atoms with Crippen molar-refractivity contribution in [3.05, 3.63) is 77.5 Å². The highest BCUT2D eigenvalue weighted by molar-refractivity contribution is 8.00. The normalized spacial score (nSPS) is 12.0. The van der Waals surface area contributed by atoms with Gasteiger partial charge in [-0.05, 0) is 50.6 Å². The first kappa shape index (κ1) is 31.5. The van der Waals surface area contributed by atoms with Gasteiger partial charge in [0.25, 0.3) is 5.91 Å². The Labute approximate surface area is 246 Å². The van der Waals surface area contributed by atoms with E-state index in [0.29, 0.717) is 17.3 Å². The van der Waals surface area contributed by atoms with Gasteiger partial charge in [0.1, 0.15) is 41.1 Å². The molecule has 2 heterocycles. The second-order valence-corrected chi connectivity index (χ2v) is 10.8. The first-order valence-corrected chi connectivity index (χ1v) is 13.3. The number of rotatable bonds is 10. The third kappa shape index (κ3) is 7.68. The van der Waals surface area contributed by atoms with E-state index in [0.717, 1.165) is 6.20 Å². The van der Waals surface area contributed by atoms with Crippen LogP contribution in [0.3, 0.4) is 0 Å². The highest BCUT2D eigenvalue weighted by atomic mass is 32.2. The molecule has 0 saturated heterocycles. The van der Waals surface area contributed by atoms with Crippen LogP contribution in [0.5, 0.6) is 5.75 Å². The van der Waals surface area contributed by atoms with Crippen LogP contribution in [-0.4, -0.2) is 31.4 Å². The van der Waals surface area contributed by atoms with Gasteiger partial charge in [-0.3, -0.25) is 4.79 Å². The molecule has 2 aromatic carbocycles. The molecular weight excluding hydrogens is 600 g/mol. The van der Waals surface area contributed by atoms with Gasteiger partial charge >= 0.3 is 11.9 Å². The first-order valence-electron chi connectivity index (χ1n) is 12.4. The van der Waals surface area contributed by atoms with Crippen molar-refractivity contribution in [2.24, 2.45) is 5.73 Å². The molecule has 0 spiro atoms. The molecule has 0 bridgehead atoms. The minimum absolute atomic E-state index is 0.0355. The van der Waals surface area contributed by atoms with E-state index in [4.69, 9.17) is 10.5 Å². The van der Waals surface area contributed by atoms with Gasteiger partial charge in [0.15, 0.2) is 5.69 Å². The van der Waals surface area contributed by atoms with Gasteiger partial charge in [-0.25, -0.2) is 19.0 Å². The van der Waals surface area contributed by atoms with Crippen molar-refractivity contribution in [1.82, 2.24) is 19.7 Å². The number of amides is 1. The Kier molecular flexibility index (Phi) is 9.08. The molecule has 0 aliphatic heterocycles. The summed E-state index contributed by atoms with van der Waals surface area (Å²) in [5.41, 5.74) is 4.82. The van der Waals surface area contributed by atoms with Crippen molar-refractivity contribution in [2.45, 2.75) is 44.9 Å². The zero-order chi connectivity index (χ0) is 31.5. The molecule has 0 aliphatic carbocycles. The third-order valence-corrected chi connectivity index (χ3v) is 6.29. The van der Waals surface area contributed by atoms with Gasteiger partial charge < -0.3 is 20.5 Å². The fourth-order valence-electron chi connectivity index (χ4n) is 3.84. The van der Waals surface area contributed by atoms with Gasteiger partial charge in [-0.1, -0.05) is 18.2 Å². The average molecular weight is 626 g/mol. The molecule has 9 nitrogen and oxygen atoms in total. The van der Waals surface area contributed by atoms with Crippen molar-refractivity contribution < 1.29 is 35.9 Å². The Morgan fingerprint density at radius 1 is 1.07 bits per heavy atom. The van der Waals surface area contributed by atoms with Crippen molar-refractivity contribution in [3.63, 3.8) is 0 Å². The van der Waals surface area contributed by atoms with E-state index in [1.54, 1.807) is 20.8 Å². The molecule has 2 aromatic heterocycles. The Bertz CT molecular complexity index is 1590. The van der Waals surface area contributed by atoms with Crippen LogP contribution in [0.2, 0.25) is 0 Å². The van der Waals surface area contributed by atoms with Gasteiger partial charge in [0, 0.05) is 17.5 Å². The molecule has 0 radical (unpaired) electrons. The Balaban J connectivity index is 1.79. The highest BCUT2D eigenvalue weighted by Crippen LogP contribution is 2.38. The molecule has 0 aliphatic rings. The zero-order valence-corrected chi connectivity index (χ0v) is 23.7. The maximum Gasteiger partial charge on any atom is 0.434 e. The predicted octanol–water partition coefficient (Wildman–Crippen LogP) is 6.96. The van der Waals surface area contributed by atoms with Crippen molar-refractivity contribution >= 4 is 35.2 Å². The maximum atomic E-state index is 13.3. The summed E-state index contributed by atoms with van der Waals surface area (Å²) in [5, 5.41) is 7.39. The summed E-state index contributed by atoms with van der Waals surface area (Å²) in [7, 11) is 0. The Hall–Kier alpha value is -4.47. The maximum absolute atomic E-state index is 13.3. The molecule has 43 heavy (non-hydrogen) atoms. The van der Waals surface area contributed by atoms with Gasteiger partial charge in [0.2, 0.25) is 0 Å². The summed E-state index contributed by atoms with van der Waals surface area (Å²) in [5.74, 6) is -4.07. The van der Waals surface area contributed by atoms with Gasteiger partial charge in [-0.2, -0.15) is 27.1 Å². The number of hydrogen-bond donors (Lipinski definition) is 3. The minimum atomic E-state index is -4.70. The lowest BCUT2D eigenvalue weighted by molar-refractivity contribution is -0.141. The predicted molar refractivity (Wildman–Crippen MR) is 149 cm³/mol. The van der Waals surface area contributed by atoms with E-state index in [9.17, 15) is 31.1 Å². The van der Waals surface area contributed by atoms with Crippen LogP contribution in [-0.2, 0) is 18.3 Å². The monoisotopic (exact) mass is 625 g/mol. The lowest BCUT2D eigenvalue weighted by Crippen LogP contribution is -2.25. The van der Waals surface area contributed by atoms with E-state index < -0.39 is 34.9 Å². The molecule has 1 amide bonds. The zero-order valence-electron chi connectivity index (χ0n) is 22.8. The fraction of sp³-hybridized carbons (Fsp3) is 0.259. The lowest BCUT2D eigenvalue weighted by atomic mass is 10.1. The number of primary amides is 1. The van der Waals surface area contributed by atoms with E-state index in [-0.39, 0.29) is 52.9 Å². The SMILES string of the molecule is CC(C)(C)n1nc(-c2ccc(NSC(F)F)c(OCc3ccc(F)cc3)c2)c(C(N)=O)c1Nc1cnc(C(F)(F)F)cn1. The van der Waals surface area contributed by atoms with E-state index in [1.807, 2.05) is 0 Å². The molecule has 228 valence electrons. The number of ether oxygens (including phenoxy) is 1. The largest absolute Gasteiger partial charge is 0.487 e. The Morgan fingerprint density at radius 2 is 1.77 bits per heavy atom. The van der Waals surface area contributed by atoms with Gasteiger partial charge in [0.05, 0.1) is 23.6 Å².